The number of anilines is 1. The molecule has 0 bridgehead atoms. The summed E-state index contributed by atoms with van der Waals surface area (Å²) in [5.74, 6) is 0.147. The maximum Gasteiger partial charge on any atom is 0.434 e. The SMILES string of the molecule is CC(C)(C)OC(=O)N[C@@H]1CCN(c2cncc(C(F)(F)F)n2)C1. The van der Waals surface area contributed by atoms with Crippen LogP contribution in [0.3, 0.4) is 0 Å². The molecule has 0 saturated carbocycles. The molecule has 6 nitrogen and oxygen atoms in total. The van der Waals surface area contributed by atoms with E-state index in [0.29, 0.717) is 25.7 Å². The van der Waals surface area contributed by atoms with Crippen LogP contribution in [0.15, 0.2) is 12.4 Å². The Morgan fingerprint density at radius 1 is 1.35 bits per heavy atom. The molecule has 2 heterocycles. The van der Waals surface area contributed by atoms with Crippen LogP contribution in [0.4, 0.5) is 23.8 Å². The van der Waals surface area contributed by atoms with Crippen LogP contribution >= 0.6 is 0 Å². The molecule has 0 spiro atoms. The number of halogens is 3. The number of alkyl halides is 3. The highest BCUT2D eigenvalue weighted by Crippen LogP contribution is 2.28. The zero-order chi connectivity index (χ0) is 17.3. The second-order valence-corrected chi connectivity index (χ2v) is 6.34. The van der Waals surface area contributed by atoms with E-state index in [0.717, 1.165) is 0 Å². The highest BCUT2D eigenvalue weighted by atomic mass is 19.4. The molecule has 1 saturated heterocycles. The van der Waals surface area contributed by atoms with Gasteiger partial charge in [-0.05, 0) is 27.2 Å². The lowest BCUT2D eigenvalue weighted by Gasteiger charge is -2.22. The van der Waals surface area contributed by atoms with Crippen LogP contribution in [0, 0.1) is 0 Å². The number of nitrogens with zero attached hydrogens (tertiary/aromatic N) is 3. The number of aromatic nitrogens is 2. The lowest BCUT2D eigenvalue weighted by molar-refractivity contribution is -0.141. The molecular weight excluding hydrogens is 313 g/mol. The van der Waals surface area contributed by atoms with E-state index < -0.39 is 23.6 Å². The quantitative estimate of drug-likeness (QED) is 0.902. The smallest absolute Gasteiger partial charge is 0.434 e. The molecule has 1 fully saturated rings. The van der Waals surface area contributed by atoms with Crippen molar-refractivity contribution in [1.82, 2.24) is 15.3 Å². The predicted molar refractivity (Wildman–Crippen MR) is 77.0 cm³/mol. The second-order valence-electron chi connectivity index (χ2n) is 6.34. The Bertz CT molecular complexity index is 572. The molecule has 0 aliphatic carbocycles. The lowest BCUT2D eigenvalue weighted by atomic mass is 10.2. The van der Waals surface area contributed by atoms with E-state index in [9.17, 15) is 18.0 Å². The summed E-state index contributed by atoms with van der Waals surface area (Å²) in [6.07, 6.45) is -2.51. The largest absolute Gasteiger partial charge is 0.444 e. The third-order valence-corrected chi connectivity index (χ3v) is 3.15. The van der Waals surface area contributed by atoms with E-state index in [1.165, 1.54) is 6.20 Å². The minimum atomic E-state index is -4.53. The van der Waals surface area contributed by atoms with Gasteiger partial charge in [0.25, 0.3) is 0 Å². The van der Waals surface area contributed by atoms with Crippen molar-refractivity contribution in [1.29, 1.82) is 0 Å². The number of amides is 1. The predicted octanol–water partition coefficient (Wildman–Crippen LogP) is 2.60. The van der Waals surface area contributed by atoms with Crippen molar-refractivity contribution in [2.75, 3.05) is 18.0 Å². The Morgan fingerprint density at radius 2 is 2.04 bits per heavy atom. The number of carbonyl (C=O) groups excluding carboxylic acids is 1. The van der Waals surface area contributed by atoms with Crippen LogP contribution < -0.4 is 10.2 Å². The summed E-state index contributed by atoms with van der Waals surface area (Å²) in [5.41, 5.74) is -1.63. The van der Waals surface area contributed by atoms with Gasteiger partial charge in [-0.2, -0.15) is 13.2 Å². The number of alkyl carbamates (subject to hydrolysis) is 1. The molecule has 23 heavy (non-hydrogen) atoms. The molecule has 1 aromatic rings. The molecule has 9 heteroatoms. The fourth-order valence-corrected chi connectivity index (χ4v) is 2.21. The zero-order valence-electron chi connectivity index (χ0n) is 13.1. The fourth-order valence-electron chi connectivity index (χ4n) is 2.21. The van der Waals surface area contributed by atoms with Crippen molar-refractivity contribution in [3.63, 3.8) is 0 Å². The third kappa shape index (κ3) is 4.97. The van der Waals surface area contributed by atoms with Gasteiger partial charge in [-0.15, -0.1) is 0 Å². The first-order valence-corrected chi connectivity index (χ1v) is 7.18. The topological polar surface area (TPSA) is 67.3 Å². The van der Waals surface area contributed by atoms with Gasteiger partial charge in [-0.3, -0.25) is 4.98 Å². The fraction of sp³-hybridized carbons (Fsp3) is 0.643. The first kappa shape index (κ1) is 17.3. The lowest BCUT2D eigenvalue weighted by Crippen LogP contribution is -2.40. The van der Waals surface area contributed by atoms with Gasteiger partial charge in [0.1, 0.15) is 11.4 Å². The number of hydrogen-bond donors (Lipinski definition) is 1. The minimum Gasteiger partial charge on any atom is -0.444 e. The molecule has 0 aromatic carbocycles. The van der Waals surface area contributed by atoms with Crippen LogP contribution in [0.25, 0.3) is 0 Å². The van der Waals surface area contributed by atoms with Crippen LogP contribution in [-0.2, 0) is 10.9 Å². The van der Waals surface area contributed by atoms with Gasteiger partial charge in [0.15, 0.2) is 5.69 Å². The zero-order valence-corrected chi connectivity index (χ0v) is 13.1. The van der Waals surface area contributed by atoms with Crippen LogP contribution in [0.1, 0.15) is 32.9 Å². The van der Waals surface area contributed by atoms with Crippen molar-refractivity contribution in [2.45, 2.75) is 45.0 Å². The molecule has 1 atom stereocenters. The minimum absolute atomic E-state index is 0.147. The van der Waals surface area contributed by atoms with E-state index in [-0.39, 0.29) is 11.9 Å². The molecule has 1 aromatic heterocycles. The van der Waals surface area contributed by atoms with Gasteiger partial charge < -0.3 is 15.0 Å². The van der Waals surface area contributed by atoms with Crippen LogP contribution in [0.5, 0.6) is 0 Å². The Hall–Kier alpha value is -2.06. The molecule has 1 aliphatic heterocycles. The summed E-state index contributed by atoms with van der Waals surface area (Å²) in [6.45, 7) is 6.11. The van der Waals surface area contributed by atoms with Crippen molar-refractivity contribution >= 4 is 11.9 Å². The standard InChI is InChI=1S/C14H19F3N4O2/c1-13(2,3)23-12(22)19-9-4-5-21(8-9)11-7-18-6-10(20-11)14(15,16)17/h6-7,9H,4-5,8H2,1-3H3,(H,19,22)/t9-/m1/s1. The van der Waals surface area contributed by atoms with Gasteiger partial charge in [0, 0.05) is 13.1 Å². The summed E-state index contributed by atoms with van der Waals surface area (Å²) in [6, 6.07) is -0.207. The van der Waals surface area contributed by atoms with Gasteiger partial charge in [0.05, 0.1) is 18.4 Å². The highest BCUT2D eigenvalue weighted by Gasteiger charge is 2.34. The number of carbonyl (C=O) groups is 1. The maximum absolute atomic E-state index is 12.7. The first-order chi connectivity index (χ1) is 10.5. The normalized spacial score (nSPS) is 18.9. The Morgan fingerprint density at radius 3 is 2.65 bits per heavy atom. The molecule has 1 N–H and O–H groups in total. The Balaban J connectivity index is 1.97. The summed E-state index contributed by atoms with van der Waals surface area (Å²) >= 11 is 0. The number of rotatable bonds is 2. The maximum atomic E-state index is 12.7. The number of ether oxygens (including phenoxy) is 1. The van der Waals surface area contributed by atoms with Gasteiger partial charge in [-0.25, -0.2) is 9.78 Å². The molecular formula is C14H19F3N4O2. The number of hydrogen-bond acceptors (Lipinski definition) is 5. The molecule has 0 unspecified atom stereocenters. The van der Waals surface area contributed by atoms with E-state index in [1.54, 1.807) is 25.7 Å². The van der Waals surface area contributed by atoms with Gasteiger partial charge in [-0.1, -0.05) is 0 Å². The van der Waals surface area contributed by atoms with Crippen molar-refractivity contribution in [3.05, 3.63) is 18.1 Å². The monoisotopic (exact) mass is 332 g/mol. The van der Waals surface area contributed by atoms with E-state index in [1.807, 2.05) is 0 Å². The molecule has 0 radical (unpaired) electrons. The first-order valence-electron chi connectivity index (χ1n) is 7.18. The van der Waals surface area contributed by atoms with Crippen molar-refractivity contribution in [2.24, 2.45) is 0 Å². The Labute approximate surface area is 132 Å². The van der Waals surface area contributed by atoms with Gasteiger partial charge >= 0.3 is 12.3 Å². The Kier molecular flexibility index (Phi) is 4.67. The molecule has 1 aliphatic rings. The van der Waals surface area contributed by atoms with Crippen LogP contribution in [-0.4, -0.2) is 40.8 Å². The van der Waals surface area contributed by atoms with E-state index in [4.69, 9.17) is 4.74 Å². The van der Waals surface area contributed by atoms with Crippen LogP contribution in [0.2, 0.25) is 0 Å². The summed E-state index contributed by atoms with van der Waals surface area (Å²) in [7, 11) is 0. The van der Waals surface area contributed by atoms with Crippen molar-refractivity contribution < 1.29 is 22.7 Å². The third-order valence-electron chi connectivity index (χ3n) is 3.15. The second kappa shape index (κ2) is 6.21. The average molecular weight is 332 g/mol. The van der Waals surface area contributed by atoms with E-state index in [2.05, 4.69) is 15.3 Å². The summed E-state index contributed by atoms with van der Waals surface area (Å²) in [4.78, 5) is 20.6. The van der Waals surface area contributed by atoms with Crippen molar-refractivity contribution in [3.8, 4) is 0 Å². The summed E-state index contributed by atoms with van der Waals surface area (Å²) < 4.78 is 43.2. The summed E-state index contributed by atoms with van der Waals surface area (Å²) in [5, 5.41) is 2.71. The van der Waals surface area contributed by atoms with Gasteiger partial charge in [0.2, 0.25) is 0 Å². The van der Waals surface area contributed by atoms with E-state index >= 15 is 0 Å². The average Bonchev–Trinajstić information content (AvgIpc) is 2.84. The number of nitrogens with one attached hydrogen (secondary N) is 1. The highest BCUT2D eigenvalue weighted by molar-refractivity contribution is 5.68. The molecule has 128 valence electrons. The molecule has 2 rings (SSSR count). The molecule has 1 amide bonds.